The number of pyridine rings is 1. The predicted octanol–water partition coefficient (Wildman–Crippen LogP) is 6.33. The number of fused-ring (bicyclic) bond motifs is 2. The van der Waals surface area contributed by atoms with E-state index in [0.717, 1.165) is 16.5 Å². The number of halogens is 1. The van der Waals surface area contributed by atoms with E-state index in [1.807, 2.05) is 66.7 Å². The summed E-state index contributed by atoms with van der Waals surface area (Å²) in [7, 11) is 0. The first-order chi connectivity index (χ1) is 13.7. The Bertz CT molecular complexity index is 1390. The SMILES string of the molecule is O=c1c(-c2ccc3ccccc3n2)c(-c2ccccc2)oc2cc(Cl)ccc12. The molecule has 0 N–H and O–H groups in total. The summed E-state index contributed by atoms with van der Waals surface area (Å²) < 4.78 is 6.18. The largest absolute Gasteiger partial charge is 0.455 e. The van der Waals surface area contributed by atoms with Gasteiger partial charge in [-0.25, -0.2) is 4.98 Å². The first kappa shape index (κ1) is 16.7. The second-order valence-corrected chi connectivity index (χ2v) is 6.97. The molecule has 0 unspecified atom stereocenters. The van der Waals surface area contributed by atoms with E-state index in [9.17, 15) is 4.79 Å². The zero-order chi connectivity index (χ0) is 19.1. The molecule has 0 bridgehead atoms. The highest BCUT2D eigenvalue weighted by molar-refractivity contribution is 6.31. The third kappa shape index (κ3) is 2.77. The molecule has 0 aliphatic heterocycles. The Morgan fingerprint density at radius 2 is 1.61 bits per heavy atom. The number of benzene rings is 3. The van der Waals surface area contributed by atoms with Gasteiger partial charge in [0.25, 0.3) is 0 Å². The minimum atomic E-state index is -0.125. The molecular weight excluding hydrogens is 370 g/mol. The Hall–Kier alpha value is -3.43. The monoisotopic (exact) mass is 383 g/mol. The summed E-state index contributed by atoms with van der Waals surface area (Å²) in [4.78, 5) is 18.2. The Morgan fingerprint density at radius 1 is 0.821 bits per heavy atom. The standard InChI is InChI=1S/C24H14ClNO2/c25-17-11-12-18-21(14-17)28-24(16-7-2-1-3-8-16)22(23(18)27)20-13-10-15-6-4-5-9-19(15)26-20/h1-14H. The van der Waals surface area contributed by atoms with E-state index in [2.05, 4.69) is 0 Å². The molecule has 2 aromatic heterocycles. The molecule has 4 heteroatoms. The van der Waals surface area contributed by atoms with E-state index >= 15 is 0 Å². The van der Waals surface area contributed by atoms with Crippen LogP contribution in [-0.4, -0.2) is 4.98 Å². The van der Waals surface area contributed by atoms with Crippen LogP contribution in [0.2, 0.25) is 5.02 Å². The fourth-order valence-electron chi connectivity index (χ4n) is 3.40. The second kappa shape index (κ2) is 6.63. The lowest BCUT2D eigenvalue weighted by Crippen LogP contribution is -2.08. The van der Waals surface area contributed by atoms with Gasteiger partial charge in [-0.15, -0.1) is 0 Å². The van der Waals surface area contributed by atoms with Gasteiger partial charge >= 0.3 is 0 Å². The quantitative estimate of drug-likeness (QED) is 0.358. The topological polar surface area (TPSA) is 43.1 Å². The molecule has 5 aromatic rings. The molecule has 0 aliphatic rings. The van der Waals surface area contributed by atoms with Crippen molar-refractivity contribution in [1.82, 2.24) is 4.98 Å². The van der Waals surface area contributed by atoms with E-state index < -0.39 is 0 Å². The lowest BCUT2D eigenvalue weighted by atomic mass is 10.0. The van der Waals surface area contributed by atoms with Crippen molar-refractivity contribution in [2.24, 2.45) is 0 Å². The van der Waals surface area contributed by atoms with Gasteiger partial charge in [-0.2, -0.15) is 0 Å². The van der Waals surface area contributed by atoms with Crippen LogP contribution in [0.15, 0.2) is 94.1 Å². The van der Waals surface area contributed by atoms with Crippen LogP contribution in [0.5, 0.6) is 0 Å². The molecule has 28 heavy (non-hydrogen) atoms. The van der Waals surface area contributed by atoms with Crippen LogP contribution in [0.1, 0.15) is 0 Å². The normalized spacial score (nSPS) is 11.2. The maximum Gasteiger partial charge on any atom is 0.202 e. The molecule has 0 spiro atoms. The van der Waals surface area contributed by atoms with E-state index in [-0.39, 0.29) is 5.43 Å². The number of nitrogens with zero attached hydrogens (tertiary/aromatic N) is 1. The van der Waals surface area contributed by atoms with Crippen molar-refractivity contribution in [1.29, 1.82) is 0 Å². The van der Waals surface area contributed by atoms with E-state index in [0.29, 0.717) is 33.0 Å². The average Bonchev–Trinajstić information content (AvgIpc) is 2.73. The molecule has 0 amide bonds. The summed E-state index contributed by atoms with van der Waals surface area (Å²) in [6.07, 6.45) is 0. The van der Waals surface area contributed by atoms with Crippen molar-refractivity contribution in [3.05, 3.63) is 100 Å². The molecule has 0 fully saturated rings. The zero-order valence-electron chi connectivity index (χ0n) is 14.7. The lowest BCUT2D eigenvalue weighted by Gasteiger charge is -2.11. The van der Waals surface area contributed by atoms with Gasteiger partial charge in [0.15, 0.2) is 0 Å². The number of hydrogen-bond donors (Lipinski definition) is 0. The van der Waals surface area contributed by atoms with Crippen LogP contribution in [0.3, 0.4) is 0 Å². The maximum atomic E-state index is 13.4. The van der Waals surface area contributed by atoms with Crippen molar-refractivity contribution in [2.75, 3.05) is 0 Å². The Kier molecular flexibility index (Phi) is 3.96. The fraction of sp³-hybridized carbons (Fsp3) is 0. The molecule has 0 atom stereocenters. The Morgan fingerprint density at radius 3 is 2.46 bits per heavy atom. The molecule has 5 rings (SSSR count). The van der Waals surface area contributed by atoms with Crippen LogP contribution < -0.4 is 5.43 Å². The smallest absolute Gasteiger partial charge is 0.202 e. The van der Waals surface area contributed by atoms with Crippen molar-refractivity contribution >= 4 is 33.5 Å². The Labute approximate surface area is 165 Å². The van der Waals surface area contributed by atoms with Crippen LogP contribution in [0, 0.1) is 0 Å². The molecular formula is C24H14ClNO2. The van der Waals surface area contributed by atoms with E-state index in [1.54, 1.807) is 18.2 Å². The van der Waals surface area contributed by atoms with Gasteiger partial charge in [-0.3, -0.25) is 4.79 Å². The summed E-state index contributed by atoms with van der Waals surface area (Å²) in [5, 5.41) is 2.02. The van der Waals surface area contributed by atoms with Gasteiger partial charge in [0.05, 0.1) is 22.2 Å². The highest BCUT2D eigenvalue weighted by atomic mass is 35.5. The van der Waals surface area contributed by atoms with Crippen LogP contribution in [0.4, 0.5) is 0 Å². The van der Waals surface area contributed by atoms with Crippen LogP contribution in [-0.2, 0) is 0 Å². The molecule has 0 radical (unpaired) electrons. The first-order valence-electron chi connectivity index (χ1n) is 8.89. The van der Waals surface area contributed by atoms with Gasteiger partial charge in [-0.1, -0.05) is 66.2 Å². The minimum absolute atomic E-state index is 0.125. The summed E-state index contributed by atoms with van der Waals surface area (Å²) in [6.45, 7) is 0. The van der Waals surface area contributed by atoms with Gasteiger partial charge in [-0.05, 0) is 24.3 Å². The molecule has 2 heterocycles. The molecule has 134 valence electrons. The zero-order valence-corrected chi connectivity index (χ0v) is 15.5. The second-order valence-electron chi connectivity index (χ2n) is 6.53. The van der Waals surface area contributed by atoms with Crippen molar-refractivity contribution in [3.8, 4) is 22.6 Å². The van der Waals surface area contributed by atoms with E-state index in [1.165, 1.54) is 0 Å². The van der Waals surface area contributed by atoms with Gasteiger partial charge in [0, 0.05) is 22.0 Å². The van der Waals surface area contributed by atoms with E-state index in [4.69, 9.17) is 21.0 Å². The summed E-state index contributed by atoms with van der Waals surface area (Å²) >= 11 is 6.12. The molecule has 3 nitrogen and oxygen atoms in total. The molecule has 0 aliphatic carbocycles. The minimum Gasteiger partial charge on any atom is -0.455 e. The summed E-state index contributed by atoms with van der Waals surface area (Å²) in [5.74, 6) is 0.489. The third-order valence-corrected chi connectivity index (χ3v) is 4.98. The average molecular weight is 384 g/mol. The lowest BCUT2D eigenvalue weighted by molar-refractivity contribution is 0.620. The van der Waals surface area contributed by atoms with Gasteiger partial charge in [0.2, 0.25) is 5.43 Å². The van der Waals surface area contributed by atoms with Crippen LogP contribution in [0.25, 0.3) is 44.5 Å². The number of para-hydroxylation sites is 1. The van der Waals surface area contributed by atoms with Crippen molar-refractivity contribution < 1.29 is 4.42 Å². The predicted molar refractivity (Wildman–Crippen MR) is 114 cm³/mol. The summed E-state index contributed by atoms with van der Waals surface area (Å²) in [6, 6.07) is 26.3. The number of aromatic nitrogens is 1. The third-order valence-electron chi connectivity index (χ3n) is 4.74. The first-order valence-corrected chi connectivity index (χ1v) is 9.26. The molecule has 3 aromatic carbocycles. The van der Waals surface area contributed by atoms with Gasteiger partial charge in [0.1, 0.15) is 11.3 Å². The van der Waals surface area contributed by atoms with Crippen LogP contribution >= 0.6 is 11.6 Å². The number of hydrogen-bond acceptors (Lipinski definition) is 3. The molecule has 0 saturated heterocycles. The van der Waals surface area contributed by atoms with Gasteiger partial charge < -0.3 is 4.42 Å². The Balaban J connectivity index is 1.89. The highest BCUT2D eigenvalue weighted by Gasteiger charge is 2.19. The summed E-state index contributed by atoms with van der Waals surface area (Å²) in [5.41, 5.74) is 3.01. The number of rotatable bonds is 2. The highest BCUT2D eigenvalue weighted by Crippen LogP contribution is 2.33. The fourth-order valence-corrected chi connectivity index (χ4v) is 3.56. The van der Waals surface area contributed by atoms with Crippen molar-refractivity contribution in [3.63, 3.8) is 0 Å². The molecule has 0 saturated carbocycles. The maximum absolute atomic E-state index is 13.4. The van der Waals surface area contributed by atoms with Crippen molar-refractivity contribution in [2.45, 2.75) is 0 Å².